The number of ether oxygens (including phenoxy) is 2. The summed E-state index contributed by atoms with van der Waals surface area (Å²) in [6.07, 6.45) is -0.586. The monoisotopic (exact) mass is 209 g/mol. The Hall–Kier alpha value is -1.71. The standard InChI is InChI=1S/C11H12N2O2/c1-2-4-9-8(3-1)14-7-10(15-9)11-12-5-6-13-11/h1-4,10H,5-7H2,(H,12,13)/i1D,2D,3D,4D,5D. The number of nitrogens with zero attached hydrogens (tertiary/aromatic N) is 1. The summed E-state index contributed by atoms with van der Waals surface area (Å²) < 4.78 is 49.3. The van der Waals surface area contributed by atoms with Gasteiger partial charge in [-0.05, 0) is 12.1 Å². The third kappa shape index (κ3) is 1.52. The predicted molar refractivity (Wildman–Crippen MR) is 56.7 cm³/mol. The Balaban J connectivity index is 1.97. The Labute approximate surface area is 94.9 Å². The fraction of sp³-hybridized carbons (Fsp3) is 0.364. The molecule has 1 aromatic rings. The molecular formula is C11H12N2O2. The molecule has 2 aliphatic rings. The number of benzene rings is 1. The number of amidine groups is 1. The molecule has 4 heteroatoms. The highest BCUT2D eigenvalue weighted by Gasteiger charge is 2.26. The third-order valence-corrected chi connectivity index (χ3v) is 2.17. The highest BCUT2D eigenvalue weighted by atomic mass is 16.6. The lowest BCUT2D eigenvalue weighted by Crippen LogP contribution is -2.42. The zero-order valence-electron chi connectivity index (χ0n) is 12.8. The van der Waals surface area contributed by atoms with E-state index in [0.29, 0.717) is 12.4 Å². The zero-order chi connectivity index (χ0) is 14.4. The molecule has 0 bridgehead atoms. The van der Waals surface area contributed by atoms with Crippen LogP contribution in [-0.4, -0.2) is 31.6 Å². The SMILES string of the molecule is [2H]c1c([2H])c([2H])c2c(c1[2H])OCC(C1=NC([2H])CN1)O2. The van der Waals surface area contributed by atoms with E-state index < -0.39 is 12.6 Å². The van der Waals surface area contributed by atoms with Crippen molar-refractivity contribution < 1.29 is 16.3 Å². The molecule has 1 aromatic carbocycles. The number of hydrogen-bond donors (Lipinski definition) is 1. The summed E-state index contributed by atoms with van der Waals surface area (Å²) in [5.74, 6) is 0.488. The van der Waals surface area contributed by atoms with Crippen LogP contribution in [0, 0.1) is 0 Å². The van der Waals surface area contributed by atoms with Crippen molar-refractivity contribution in [1.29, 1.82) is 0 Å². The van der Waals surface area contributed by atoms with Gasteiger partial charge in [-0.3, -0.25) is 4.99 Å². The average Bonchev–Trinajstić information content (AvgIpc) is 2.89. The molecule has 0 amide bonds. The molecule has 2 unspecified atom stereocenters. The summed E-state index contributed by atoms with van der Waals surface area (Å²) in [6, 6.07) is -1.23. The van der Waals surface area contributed by atoms with Gasteiger partial charge in [-0.1, -0.05) is 12.1 Å². The van der Waals surface area contributed by atoms with Gasteiger partial charge in [0, 0.05) is 6.54 Å². The lowest BCUT2D eigenvalue weighted by Gasteiger charge is -2.26. The number of aliphatic imine (C=N–C) groups is 1. The van der Waals surface area contributed by atoms with Gasteiger partial charge in [0.15, 0.2) is 17.6 Å². The van der Waals surface area contributed by atoms with Gasteiger partial charge >= 0.3 is 0 Å². The second-order valence-corrected chi connectivity index (χ2v) is 3.15. The molecule has 78 valence electrons. The summed E-state index contributed by atoms with van der Waals surface area (Å²) in [5.41, 5.74) is 0. The number of hydrogen-bond acceptors (Lipinski definition) is 4. The van der Waals surface area contributed by atoms with Gasteiger partial charge in [-0.15, -0.1) is 0 Å². The molecular weight excluding hydrogens is 192 g/mol. The van der Waals surface area contributed by atoms with Crippen molar-refractivity contribution in [2.45, 2.75) is 6.10 Å². The summed E-state index contributed by atoms with van der Waals surface area (Å²) in [6.45, 7) is -0.0952. The van der Waals surface area contributed by atoms with E-state index in [-0.39, 0.29) is 42.3 Å². The van der Waals surface area contributed by atoms with Crippen LogP contribution < -0.4 is 14.8 Å². The Bertz CT molecular complexity index is 607. The first-order valence-corrected chi connectivity index (χ1v) is 4.62. The topological polar surface area (TPSA) is 42.8 Å². The van der Waals surface area contributed by atoms with E-state index in [1.54, 1.807) is 0 Å². The minimum Gasteiger partial charge on any atom is -0.485 e. The van der Waals surface area contributed by atoms with Gasteiger partial charge < -0.3 is 14.8 Å². The normalized spacial score (nSPS) is 32.8. The van der Waals surface area contributed by atoms with E-state index in [0.717, 1.165) is 0 Å². The lowest BCUT2D eigenvalue weighted by molar-refractivity contribution is 0.133. The van der Waals surface area contributed by atoms with Crippen LogP contribution in [0.15, 0.2) is 29.2 Å². The first-order chi connectivity index (χ1) is 9.49. The van der Waals surface area contributed by atoms with Gasteiger partial charge in [-0.25, -0.2) is 0 Å². The largest absolute Gasteiger partial charge is 0.485 e. The van der Waals surface area contributed by atoms with Crippen LogP contribution in [0.3, 0.4) is 0 Å². The molecule has 2 aliphatic heterocycles. The Morgan fingerprint density at radius 1 is 1.47 bits per heavy atom. The molecule has 1 N–H and O–H groups in total. The molecule has 0 saturated carbocycles. The molecule has 0 fully saturated rings. The first kappa shape index (κ1) is 4.88. The highest BCUT2D eigenvalue weighted by Crippen LogP contribution is 2.31. The molecule has 0 saturated heterocycles. The first-order valence-electron chi connectivity index (χ1n) is 7.20. The molecule has 0 radical (unpaired) electrons. The average molecular weight is 209 g/mol. The lowest BCUT2D eigenvalue weighted by atomic mass is 10.2. The van der Waals surface area contributed by atoms with Crippen molar-refractivity contribution in [3.05, 3.63) is 24.2 Å². The van der Waals surface area contributed by atoms with Crippen molar-refractivity contribution in [3.8, 4) is 11.5 Å². The number of fused-ring (bicyclic) bond motifs is 1. The van der Waals surface area contributed by atoms with Gasteiger partial charge in [0.25, 0.3) is 0 Å². The molecule has 15 heavy (non-hydrogen) atoms. The minimum atomic E-state index is -0.586. The second-order valence-electron chi connectivity index (χ2n) is 3.15. The van der Waals surface area contributed by atoms with Gasteiger partial charge in [-0.2, -0.15) is 0 Å². The Morgan fingerprint density at radius 3 is 3.13 bits per heavy atom. The number of para-hydroxylation sites is 2. The quantitative estimate of drug-likeness (QED) is 0.745. The third-order valence-electron chi connectivity index (χ3n) is 2.17. The fourth-order valence-electron chi connectivity index (χ4n) is 1.48. The fourth-order valence-corrected chi connectivity index (χ4v) is 1.48. The van der Waals surface area contributed by atoms with Crippen LogP contribution in [0.1, 0.15) is 6.85 Å². The van der Waals surface area contributed by atoms with Crippen LogP contribution in [0.2, 0.25) is 0 Å². The van der Waals surface area contributed by atoms with Gasteiger partial charge in [0.1, 0.15) is 12.4 Å². The molecule has 2 atom stereocenters. The second kappa shape index (κ2) is 3.46. The van der Waals surface area contributed by atoms with Gasteiger partial charge in [0.05, 0.1) is 13.4 Å². The van der Waals surface area contributed by atoms with Crippen LogP contribution in [-0.2, 0) is 0 Å². The van der Waals surface area contributed by atoms with Crippen LogP contribution in [0.5, 0.6) is 11.5 Å². The predicted octanol–water partition coefficient (Wildman–Crippen LogP) is 0.828. The number of nitrogens with one attached hydrogen (secondary N) is 1. The molecule has 2 heterocycles. The van der Waals surface area contributed by atoms with E-state index in [4.69, 9.17) is 16.3 Å². The number of rotatable bonds is 1. The van der Waals surface area contributed by atoms with Crippen LogP contribution >= 0.6 is 0 Å². The van der Waals surface area contributed by atoms with Crippen LogP contribution in [0.25, 0.3) is 0 Å². The maximum absolute atomic E-state index is 7.82. The van der Waals surface area contributed by atoms with E-state index in [9.17, 15) is 0 Å². The molecule has 0 spiro atoms. The molecule has 0 aromatic heterocycles. The van der Waals surface area contributed by atoms with Crippen molar-refractivity contribution >= 4 is 5.84 Å². The zero-order valence-corrected chi connectivity index (χ0v) is 7.83. The molecule has 3 rings (SSSR count). The van der Waals surface area contributed by atoms with Crippen LogP contribution in [0.4, 0.5) is 0 Å². The summed E-state index contributed by atoms with van der Waals surface area (Å²) in [7, 11) is 0. The van der Waals surface area contributed by atoms with Crippen molar-refractivity contribution in [2.75, 3.05) is 19.7 Å². The van der Waals surface area contributed by atoms with E-state index in [1.165, 1.54) is 0 Å². The summed E-state index contributed by atoms with van der Waals surface area (Å²) >= 11 is 0. The van der Waals surface area contributed by atoms with Crippen molar-refractivity contribution in [2.24, 2.45) is 4.99 Å². The van der Waals surface area contributed by atoms with Gasteiger partial charge in [0.2, 0.25) is 0 Å². The maximum Gasteiger partial charge on any atom is 0.189 e. The Morgan fingerprint density at radius 2 is 2.33 bits per heavy atom. The summed E-state index contributed by atoms with van der Waals surface area (Å²) in [5, 5.41) is 2.93. The van der Waals surface area contributed by atoms with Crippen molar-refractivity contribution in [1.82, 2.24) is 5.32 Å². The summed E-state index contributed by atoms with van der Waals surface area (Å²) in [4.78, 5) is 4.05. The minimum absolute atomic E-state index is 0.00909. The molecule has 0 aliphatic carbocycles. The highest BCUT2D eigenvalue weighted by molar-refractivity contribution is 5.88. The van der Waals surface area contributed by atoms with Crippen molar-refractivity contribution in [3.63, 3.8) is 0 Å². The van der Waals surface area contributed by atoms with E-state index in [1.807, 2.05) is 0 Å². The van der Waals surface area contributed by atoms with E-state index in [2.05, 4.69) is 10.3 Å². The van der Waals surface area contributed by atoms with E-state index >= 15 is 0 Å². The molecule has 4 nitrogen and oxygen atoms in total. The maximum atomic E-state index is 7.82. The smallest absolute Gasteiger partial charge is 0.189 e. The Kier molecular flexibility index (Phi) is 1.12.